The minimum atomic E-state index is -0.181. The van der Waals surface area contributed by atoms with Crippen LogP contribution in [0.2, 0.25) is 0 Å². The molecule has 0 atom stereocenters. The summed E-state index contributed by atoms with van der Waals surface area (Å²) in [7, 11) is 1.64. The second-order valence-electron chi connectivity index (χ2n) is 2.24. The zero-order valence-electron chi connectivity index (χ0n) is 5.93. The van der Waals surface area contributed by atoms with Crippen molar-refractivity contribution in [3.63, 3.8) is 0 Å². The van der Waals surface area contributed by atoms with Gasteiger partial charge in [-0.1, -0.05) is 0 Å². The molecule has 0 aromatic carbocycles. The minimum Gasteiger partial charge on any atom is -0.286 e. The highest BCUT2D eigenvalue weighted by Crippen LogP contribution is 1.89. The van der Waals surface area contributed by atoms with Gasteiger partial charge >= 0.3 is 5.69 Å². The Labute approximate surface area is 61.9 Å². The van der Waals surface area contributed by atoms with Crippen LogP contribution in [0.4, 0.5) is 0 Å². The van der Waals surface area contributed by atoms with Crippen molar-refractivity contribution < 1.29 is 0 Å². The van der Waals surface area contributed by atoms with E-state index in [4.69, 9.17) is 0 Å². The summed E-state index contributed by atoms with van der Waals surface area (Å²) in [6.07, 6.45) is 3.02. The highest BCUT2D eigenvalue weighted by Gasteiger charge is 1.98. The zero-order chi connectivity index (χ0) is 7.84. The molecule has 11 heavy (non-hydrogen) atoms. The first-order valence-corrected chi connectivity index (χ1v) is 3.14. The molecular formula is C6H6N4O. The molecule has 0 radical (unpaired) electrons. The number of aryl methyl sites for hydroxylation is 1. The lowest BCUT2D eigenvalue weighted by molar-refractivity contribution is 0.717. The second kappa shape index (κ2) is 1.91. The summed E-state index contributed by atoms with van der Waals surface area (Å²) >= 11 is 0. The number of rotatable bonds is 0. The quantitative estimate of drug-likeness (QED) is 0.505. The smallest absolute Gasteiger partial charge is 0.286 e. The van der Waals surface area contributed by atoms with Crippen LogP contribution in [0.1, 0.15) is 0 Å². The van der Waals surface area contributed by atoms with Crippen molar-refractivity contribution in [1.82, 2.24) is 19.2 Å². The first-order chi connectivity index (χ1) is 5.29. The lowest BCUT2D eigenvalue weighted by atomic mass is 10.7. The van der Waals surface area contributed by atoms with E-state index in [0.717, 1.165) is 0 Å². The number of hydrogen-bond acceptors (Lipinski definition) is 3. The SMILES string of the molecule is Cn1cnc2ccnn2c1=O. The van der Waals surface area contributed by atoms with Crippen LogP contribution >= 0.6 is 0 Å². The van der Waals surface area contributed by atoms with Crippen molar-refractivity contribution in [2.75, 3.05) is 0 Å². The van der Waals surface area contributed by atoms with Gasteiger partial charge in [0.05, 0.1) is 6.20 Å². The molecule has 5 nitrogen and oxygen atoms in total. The predicted molar refractivity (Wildman–Crippen MR) is 38.2 cm³/mol. The van der Waals surface area contributed by atoms with E-state index < -0.39 is 0 Å². The Kier molecular flexibility index (Phi) is 1.06. The Morgan fingerprint density at radius 3 is 3.18 bits per heavy atom. The Hall–Kier alpha value is -1.65. The van der Waals surface area contributed by atoms with E-state index in [1.54, 1.807) is 19.3 Å². The molecule has 0 aliphatic heterocycles. The molecule has 0 aliphatic rings. The number of aromatic nitrogens is 4. The van der Waals surface area contributed by atoms with Crippen molar-refractivity contribution in [3.8, 4) is 0 Å². The van der Waals surface area contributed by atoms with Gasteiger partial charge in [0.15, 0.2) is 5.65 Å². The van der Waals surface area contributed by atoms with Gasteiger partial charge in [0.25, 0.3) is 0 Å². The molecule has 0 amide bonds. The molecule has 0 fully saturated rings. The van der Waals surface area contributed by atoms with E-state index >= 15 is 0 Å². The van der Waals surface area contributed by atoms with Crippen LogP contribution in [0, 0.1) is 0 Å². The zero-order valence-corrected chi connectivity index (χ0v) is 5.93. The lowest BCUT2D eigenvalue weighted by Crippen LogP contribution is -2.25. The molecular weight excluding hydrogens is 144 g/mol. The van der Waals surface area contributed by atoms with Crippen LogP contribution in [0.3, 0.4) is 0 Å². The first-order valence-electron chi connectivity index (χ1n) is 3.14. The minimum absolute atomic E-state index is 0.181. The second-order valence-corrected chi connectivity index (χ2v) is 2.24. The lowest BCUT2D eigenvalue weighted by Gasteiger charge is -1.94. The molecule has 2 rings (SSSR count). The fourth-order valence-electron chi connectivity index (χ4n) is 0.886. The van der Waals surface area contributed by atoms with Crippen molar-refractivity contribution >= 4 is 5.65 Å². The van der Waals surface area contributed by atoms with Gasteiger partial charge in [0.1, 0.15) is 6.33 Å². The van der Waals surface area contributed by atoms with Crippen LogP contribution in [-0.4, -0.2) is 19.2 Å². The van der Waals surface area contributed by atoms with Crippen LogP contribution in [0.5, 0.6) is 0 Å². The van der Waals surface area contributed by atoms with Gasteiger partial charge in [-0.25, -0.2) is 9.78 Å². The van der Waals surface area contributed by atoms with Gasteiger partial charge < -0.3 is 0 Å². The fraction of sp³-hybridized carbons (Fsp3) is 0.167. The maximum Gasteiger partial charge on any atom is 0.351 e. The molecule has 2 heterocycles. The van der Waals surface area contributed by atoms with E-state index in [9.17, 15) is 4.79 Å². The van der Waals surface area contributed by atoms with Gasteiger partial charge in [0.2, 0.25) is 0 Å². The van der Waals surface area contributed by atoms with Gasteiger partial charge in [-0.2, -0.15) is 9.61 Å². The molecule has 0 N–H and O–H groups in total. The van der Waals surface area contributed by atoms with E-state index in [-0.39, 0.29) is 5.69 Å². The summed E-state index contributed by atoms with van der Waals surface area (Å²) in [5.74, 6) is 0. The van der Waals surface area contributed by atoms with Crippen LogP contribution < -0.4 is 5.69 Å². The Morgan fingerprint density at radius 2 is 2.36 bits per heavy atom. The average molecular weight is 150 g/mol. The third-order valence-electron chi connectivity index (χ3n) is 1.47. The molecule has 56 valence electrons. The van der Waals surface area contributed by atoms with Crippen LogP contribution in [0.25, 0.3) is 5.65 Å². The molecule has 2 aromatic heterocycles. The third kappa shape index (κ3) is 0.739. The topological polar surface area (TPSA) is 52.2 Å². The molecule has 0 unspecified atom stereocenters. The molecule has 0 aliphatic carbocycles. The van der Waals surface area contributed by atoms with E-state index in [1.807, 2.05) is 0 Å². The normalized spacial score (nSPS) is 10.6. The Morgan fingerprint density at radius 1 is 1.55 bits per heavy atom. The summed E-state index contributed by atoms with van der Waals surface area (Å²) in [5.41, 5.74) is 0.396. The summed E-state index contributed by atoms with van der Waals surface area (Å²) < 4.78 is 2.62. The maximum absolute atomic E-state index is 11.2. The van der Waals surface area contributed by atoms with Gasteiger partial charge in [-0.05, 0) is 0 Å². The fourth-order valence-corrected chi connectivity index (χ4v) is 0.886. The van der Waals surface area contributed by atoms with E-state index in [2.05, 4.69) is 10.1 Å². The molecule has 2 aromatic rings. The maximum atomic E-state index is 11.2. The Bertz CT molecular complexity index is 441. The van der Waals surface area contributed by atoms with E-state index in [1.165, 1.54) is 15.4 Å². The summed E-state index contributed by atoms with van der Waals surface area (Å²) in [4.78, 5) is 15.2. The highest BCUT2D eigenvalue weighted by molar-refractivity contribution is 5.33. The van der Waals surface area contributed by atoms with Gasteiger partial charge in [-0.3, -0.25) is 4.57 Å². The van der Waals surface area contributed by atoms with Crippen molar-refractivity contribution in [2.24, 2.45) is 7.05 Å². The molecule has 0 spiro atoms. The summed E-state index contributed by atoms with van der Waals surface area (Å²) in [5, 5.41) is 3.80. The number of fused-ring (bicyclic) bond motifs is 1. The Balaban J connectivity index is 3.05. The standard InChI is InChI=1S/C6H6N4O/c1-9-4-7-5-2-3-8-10(5)6(9)11/h2-4H,1H3. The molecule has 0 saturated heterocycles. The first kappa shape index (κ1) is 6.09. The highest BCUT2D eigenvalue weighted by atomic mass is 16.1. The molecule has 0 saturated carbocycles. The van der Waals surface area contributed by atoms with Crippen LogP contribution in [-0.2, 0) is 7.05 Å². The average Bonchev–Trinajstić information content (AvgIpc) is 2.45. The molecule has 0 bridgehead atoms. The van der Waals surface area contributed by atoms with Crippen molar-refractivity contribution in [1.29, 1.82) is 0 Å². The predicted octanol–water partition coefficient (Wildman–Crippen LogP) is -0.572. The monoisotopic (exact) mass is 150 g/mol. The van der Waals surface area contributed by atoms with Crippen molar-refractivity contribution in [3.05, 3.63) is 29.1 Å². The van der Waals surface area contributed by atoms with Crippen molar-refractivity contribution in [2.45, 2.75) is 0 Å². The van der Waals surface area contributed by atoms with Gasteiger partial charge in [-0.15, -0.1) is 0 Å². The molecule has 5 heteroatoms. The number of nitrogens with zero attached hydrogens (tertiary/aromatic N) is 4. The van der Waals surface area contributed by atoms with Gasteiger partial charge in [0, 0.05) is 13.1 Å². The third-order valence-corrected chi connectivity index (χ3v) is 1.47. The van der Waals surface area contributed by atoms with Crippen LogP contribution in [0.15, 0.2) is 23.4 Å². The number of hydrogen-bond donors (Lipinski definition) is 0. The summed E-state index contributed by atoms with van der Waals surface area (Å²) in [6.45, 7) is 0. The summed E-state index contributed by atoms with van der Waals surface area (Å²) in [6, 6.07) is 1.68. The largest absolute Gasteiger partial charge is 0.351 e. The van der Waals surface area contributed by atoms with E-state index in [0.29, 0.717) is 5.65 Å².